The number of hydrogen-bond acceptors (Lipinski definition) is 5. The van der Waals surface area contributed by atoms with Gasteiger partial charge in [0.15, 0.2) is 5.69 Å². The van der Waals surface area contributed by atoms with E-state index in [0.717, 1.165) is 23.2 Å². The third-order valence-corrected chi connectivity index (χ3v) is 5.45. The lowest BCUT2D eigenvalue weighted by atomic mass is 10.0. The topological polar surface area (TPSA) is 56.7 Å². The molecular weight excluding hydrogens is 286 g/mol. The SMILES string of the molecule is O=C(O)c1nsc2cc(N3CCN4CCC3CC4)ccc12. The van der Waals surface area contributed by atoms with Crippen molar-refractivity contribution in [3.63, 3.8) is 0 Å². The lowest BCUT2D eigenvalue weighted by molar-refractivity contribution is 0.0694. The van der Waals surface area contributed by atoms with Gasteiger partial charge in [0, 0.05) is 43.3 Å². The largest absolute Gasteiger partial charge is 0.476 e. The van der Waals surface area contributed by atoms with Gasteiger partial charge in [0.05, 0.1) is 4.70 Å². The second kappa shape index (κ2) is 4.96. The first-order valence-corrected chi connectivity index (χ1v) is 8.11. The molecule has 5 rings (SSSR count). The van der Waals surface area contributed by atoms with Crippen LogP contribution in [-0.4, -0.2) is 52.6 Å². The van der Waals surface area contributed by atoms with Crippen LogP contribution in [0.4, 0.5) is 5.69 Å². The molecule has 3 fully saturated rings. The van der Waals surface area contributed by atoms with Crippen molar-refractivity contribution in [2.24, 2.45) is 0 Å². The van der Waals surface area contributed by atoms with Crippen molar-refractivity contribution < 1.29 is 9.90 Å². The Balaban J connectivity index is 1.72. The molecule has 0 saturated carbocycles. The quantitative estimate of drug-likeness (QED) is 0.922. The highest BCUT2D eigenvalue weighted by atomic mass is 32.1. The third-order valence-electron chi connectivity index (χ3n) is 4.64. The van der Waals surface area contributed by atoms with Gasteiger partial charge in [-0.1, -0.05) is 0 Å². The molecule has 0 atom stereocenters. The Hall–Kier alpha value is -1.66. The molecule has 0 aliphatic carbocycles. The van der Waals surface area contributed by atoms with Gasteiger partial charge in [0.2, 0.25) is 0 Å². The highest BCUT2D eigenvalue weighted by Gasteiger charge is 2.29. The van der Waals surface area contributed by atoms with Gasteiger partial charge < -0.3 is 14.9 Å². The van der Waals surface area contributed by atoms with Crippen molar-refractivity contribution in [2.75, 3.05) is 31.1 Å². The van der Waals surface area contributed by atoms with Crippen LogP contribution in [0.3, 0.4) is 0 Å². The Labute approximate surface area is 126 Å². The zero-order valence-corrected chi connectivity index (χ0v) is 12.5. The minimum absolute atomic E-state index is 0.171. The lowest BCUT2D eigenvalue weighted by Gasteiger charge is -2.33. The Bertz CT molecular complexity index is 691. The van der Waals surface area contributed by atoms with E-state index in [1.807, 2.05) is 6.07 Å². The number of aromatic carboxylic acids is 1. The number of carboxylic acids is 1. The summed E-state index contributed by atoms with van der Waals surface area (Å²) >= 11 is 1.28. The maximum absolute atomic E-state index is 11.1. The summed E-state index contributed by atoms with van der Waals surface area (Å²) in [5.74, 6) is -0.949. The summed E-state index contributed by atoms with van der Waals surface area (Å²) in [4.78, 5) is 16.2. The van der Waals surface area contributed by atoms with E-state index >= 15 is 0 Å². The van der Waals surface area contributed by atoms with E-state index in [1.165, 1.54) is 43.2 Å². The van der Waals surface area contributed by atoms with Crippen molar-refractivity contribution in [3.8, 4) is 0 Å². The molecule has 0 unspecified atom stereocenters. The molecule has 6 heteroatoms. The molecule has 0 amide bonds. The molecule has 0 radical (unpaired) electrons. The molecule has 4 heterocycles. The van der Waals surface area contributed by atoms with Gasteiger partial charge in [0.1, 0.15) is 0 Å². The molecule has 21 heavy (non-hydrogen) atoms. The second-order valence-corrected chi connectivity index (χ2v) is 6.59. The van der Waals surface area contributed by atoms with Gasteiger partial charge in [-0.2, -0.15) is 4.37 Å². The first-order chi connectivity index (χ1) is 10.2. The number of carbonyl (C=O) groups is 1. The van der Waals surface area contributed by atoms with Crippen LogP contribution >= 0.6 is 11.5 Å². The van der Waals surface area contributed by atoms with Crippen molar-refractivity contribution in [2.45, 2.75) is 18.9 Å². The molecular formula is C15H17N3O2S. The van der Waals surface area contributed by atoms with Gasteiger partial charge in [-0.05, 0) is 42.6 Å². The number of hydrogen-bond donors (Lipinski definition) is 1. The fourth-order valence-electron chi connectivity index (χ4n) is 3.49. The van der Waals surface area contributed by atoms with E-state index in [2.05, 4.69) is 26.3 Å². The summed E-state index contributed by atoms with van der Waals surface area (Å²) in [5, 5.41) is 9.89. The van der Waals surface area contributed by atoms with Crippen molar-refractivity contribution in [1.82, 2.24) is 9.27 Å². The first-order valence-electron chi connectivity index (χ1n) is 7.34. The van der Waals surface area contributed by atoms with E-state index in [9.17, 15) is 4.79 Å². The Morgan fingerprint density at radius 2 is 2.05 bits per heavy atom. The second-order valence-electron chi connectivity index (χ2n) is 5.78. The van der Waals surface area contributed by atoms with Crippen LogP contribution in [-0.2, 0) is 0 Å². The summed E-state index contributed by atoms with van der Waals surface area (Å²) in [7, 11) is 0. The summed E-state index contributed by atoms with van der Waals surface area (Å²) in [5.41, 5.74) is 1.38. The standard InChI is InChI=1S/C15H17N3O2S/c19-15(20)14-12-2-1-11(9-13(12)21-16-14)18-8-7-17-5-3-10(18)4-6-17/h1-2,9-10H,3-8H2,(H,19,20). The minimum Gasteiger partial charge on any atom is -0.476 e. The number of rotatable bonds is 2. The summed E-state index contributed by atoms with van der Waals surface area (Å²) in [6.07, 6.45) is 2.45. The summed E-state index contributed by atoms with van der Waals surface area (Å²) in [6, 6.07) is 6.69. The number of aromatic nitrogens is 1. The molecule has 1 aromatic carbocycles. The van der Waals surface area contributed by atoms with Gasteiger partial charge in [-0.25, -0.2) is 4.79 Å². The van der Waals surface area contributed by atoms with Gasteiger partial charge in [-0.3, -0.25) is 0 Å². The van der Waals surface area contributed by atoms with Crippen LogP contribution in [0.2, 0.25) is 0 Å². The maximum atomic E-state index is 11.1. The van der Waals surface area contributed by atoms with Gasteiger partial charge in [0.25, 0.3) is 0 Å². The molecule has 3 aliphatic heterocycles. The molecule has 1 N–H and O–H groups in total. The number of benzene rings is 1. The number of fused-ring (bicyclic) bond motifs is 5. The van der Waals surface area contributed by atoms with Crippen molar-refractivity contribution in [3.05, 3.63) is 23.9 Å². The van der Waals surface area contributed by atoms with E-state index in [4.69, 9.17) is 5.11 Å². The van der Waals surface area contributed by atoms with Crippen molar-refractivity contribution in [1.29, 1.82) is 0 Å². The maximum Gasteiger partial charge on any atom is 0.356 e. The molecule has 5 nitrogen and oxygen atoms in total. The molecule has 2 bridgehead atoms. The average Bonchev–Trinajstić information content (AvgIpc) is 2.69. The van der Waals surface area contributed by atoms with E-state index in [1.54, 1.807) is 0 Å². The molecule has 1 aromatic heterocycles. The highest BCUT2D eigenvalue weighted by Crippen LogP contribution is 2.31. The zero-order chi connectivity index (χ0) is 14.4. The number of carboxylic acid groups (broad SMARTS) is 1. The Morgan fingerprint density at radius 3 is 2.81 bits per heavy atom. The molecule has 3 aliphatic rings. The number of nitrogens with zero attached hydrogens (tertiary/aromatic N) is 3. The average molecular weight is 303 g/mol. The summed E-state index contributed by atoms with van der Waals surface area (Å²) < 4.78 is 5.02. The lowest BCUT2D eigenvalue weighted by Crippen LogP contribution is -2.37. The number of anilines is 1. The Kier molecular flexibility index (Phi) is 3.08. The normalized spacial score (nSPS) is 25.2. The monoisotopic (exact) mass is 303 g/mol. The van der Waals surface area contributed by atoms with Crippen LogP contribution in [0.1, 0.15) is 23.3 Å². The molecule has 3 saturated heterocycles. The van der Waals surface area contributed by atoms with Crippen LogP contribution in [0.25, 0.3) is 10.1 Å². The predicted octanol–water partition coefficient (Wildman–Crippen LogP) is 2.28. The van der Waals surface area contributed by atoms with E-state index in [-0.39, 0.29) is 5.69 Å². The number of piperidine rings is 1. The van der Waals surface area contributed by atoms with Crippen LogP contribution in [0, 0.1) is 0 Å². The third kappa shape index (κ3) is 2.18. The van der Waals surface area contributed by atoms with Crippen molar-refractivity contribution >= 4 is 33.3 Å². The van der Waals surface area contributed by atoms with Gasteiger partial charge in [-0.15, -0.1) is 0 Å². The molecule has 0 spiro atoms. The molecule has 110 valence electrons. The van der Waals surface area contributed by atoms with Crippen LogP contribution < -0.4 is 4.90 Å². The highest BCUT2D eigenvalue weighted by molar-refractivity contribution is 7.13. The summed E-state index contributed by atoms with van der Waals surface area (Å²) in [6.45, 7) is 4.58. The van der Waals surface area contributed by atoms with E-state index in [0.29, 0.717) is 6.04 Å². The first kappa shape index (κ1) is 13.0. The van der Waals surface area contributed by atoms with Crippen LogP contribution in [0.5, 0.6) is 0 Å². The Morgan fingerprint density at radius 1 is 1.24 bits per heavy atom. The smallest absolute Gasteiger partial charge is 0.356 e. The van der Waals surface area contributed by atoms with Gasteiger partial charge >= 0.3 is 5.97 Å². The fraction of sp³-hybridized carbons (Fsp3) is 0.467. The van der Waals surface area contributed by atoms with Crippen LogP contribution in [0.15, 0.2) is 18.2 Å². The minimum atomic E-state index is -0.949. The fourth-order valence-corrected chi connectivity index (χ4v) is 4.29. The predicted molar refractivity (Wildman–Crippen MR) is 83.4 cm³/mol. The molecule has 2 aromatic rings. The zero-order valence-electron chi connectivity index (χ0n) is 11.7. The van der Waals surface area contributed by atoms with E-state index < -0.39 is 5.97 Å².